The molecule has 21 heavy (non-hydrogen) atoms. The van der Waals surface area contributed by atoms with E-state index in [0.717, 1.165) is 19.5 Å². The molecule has 3 heteroatoms. The van der Waals surface area contributed by atoms with Crippen molar-refractivity contribution in [1.82, 2.24) is 4.90 Å². The molecule has 110 valence electrons. The molecule has 0 bridgehead atoms. The predicted molar refractivity (Wildman–Crippen MR) is 87.3 cm³/mol. The number of rotatable bonds is 1. The van der Waals surface area contributed by atoms with Crippen LogP contribution >= 0.6 is 11.6 Å². The molecule has 1 aliphatic rings. The smallest absolute Gasteiger partial charge is 0.134 e. The normalized spacial score (nSPS) is 19.1. The molecule has 1 heterocycles. The van der Waals surface area contributed by atoms with Crippen LogP contribution < -0.4 is 0 Å². The van der Waals surface area contributed by atoms with Crippen LogP contribution in [-0.2, 0) is 6.42 Å². The number of likely N-dealkylation sites (N-methyl/N-ethyl adjacent to an activating group) is 1. The molecule has 0 saturated carbocycles. The Labute approximate surface area is 131 Å². The van der Waals surface area contributed by atoms with Gasteiger partial charge in [-0.1, -0.05) is 41.4 Å². The molecule has 0 amide bonds. The molecule has 0 unspecified atom stereocenters. The van der Waals surface area contributed by atoms with Gasteiger partial charge in [0.1, 0.15) is 5.75 Å². The first-order valence-corrected chi connectivity index (χ1v) is 7.69. The second kappa shape index (κ2) is 5.70. The van der Waals surface area contributed by atoms with Gasteiger partial charge in [0.25, 0.3) is 0 Å². The number of phenols is 1. The lowest BCUT2D eigenvalue weighted by Crippen LogP contribution is -2.24. The van der Waals surface area contributed by atoms with Crippen molar-refractivity contribution >= 4 is 11.6 Å². The molecule has 0 spiro atoms. The zero-order valence-electron chi connectivity index (χ0n) is 12.4. The second-order valence-corrected chi connectivity index (χ2v) is 6.39. The van der Waals surface area contributed by atoms with E-state index in [4.69, 9.17) is 11.6 Å². The fourth-order valence-electron chi connectivity index (χ4n) is 3.14. The SMILES string of the molecule is Cc1cccc([C@H]2CN(C)CCc3cc(Cl)c(O)cc32)c1. The molecule has 0 fully saturated rings. The van der Waals surface area contributed by atoms with Crippen LogP contribution in [0.2, 0.25) is 5.02 Å². The average molecular weight is 302 g/mol. The summed E-state index contributed by atoms with van der Waals surface area (Å²) < 4.78 is 0. The van der Waals surface area contributed by atoms with Gasteiger partial charge in [-0.2, -0.15) is 0 Å². The molecule has 1 atom stereocenters. The van der Waals surface area contributed by atoms with E-state index in [2.05, 4.69) is 43.1 Å². The Morgan fingerprint density at radius 3 is 2.81 bits per heavy atom. The van der Waals surface area contributed by atoms with Crippen molar-refractivity contribution in [1.29, 1.82) is 0 Å². The quantitative estimate of drug-likeness (QED) is 0.861. The first-order chi connectivity index (χ1) is 10.0. The van der Waals surface area contributed by atoms with Crippen molar-refractivity contribution in [3.63, 3.8) is 0 Å². The number of fused-ring (bicyclic) bond motifs is 1. The highest BCUT2D eigenvalue weighted by atomic mass is 35.5. The monoisotopic (exact) mass is 301 g/mol. The minimum absolute atomic E-state index is 0.178. The standard InChI is InChI=1S/C18H20ClNO/c1-12-4-3-5-13(8-12)16-11-20(2)7-6-14-9-17(19)18(21)10-15(14)16/h3-5,8-10,16,21H,6-7,11H2,1-2H3/t16-/m1/s1. The van der Waals surface area contributed by atoms with Crippen LogP contribution in [0.1, 0.15) is 28.2 Å². The Morgan fingerprint density at radius 2 is 2.05 bits per heavy atom. The summed E-state index contributed by atoms with van der Waals surface area (Å²) in [5.41, 5.74) is 5.01. The first kappa shape index (κ1) is 14.4. The highest BCUT2D eigenvalue weighted by Gasteiger charge is 2.24. The summed E-state index contributed by atoms with van der Waals surface area (Å²) in [5.74, 6) is 0.452. The topological polar surface area (TPSA) is 23.5 Å². The third kappa shape index (κ3) is 2.92. The molecule has 2 aromatic rings. The lowest BCUT2D eigenvalue weighted by atomic mass is 9.87. The first-order valence-electron chi connectivity index (χ1n) is 7.31. The van der Waals surface area contributed by atoms with Crippen LogP contribution in [0.15, 0.2) is 36.4 Å². The Morgan fingerprint density at radius 1 is 1.24 bits per heavy atom. The van der Waals surface area contributed by atoms with Crippen LogP contribution in [0, 0.1) is 6.92 Å². The molecule has 2 aromatic carbocycles. The third-order valence-corrected chi connectivity index (χ3v) is 4.59. The van der Waals surface area contributed by atoms with Crippen LogP contribution in [0.25, 0.3) is 0 Å². The molecule has 1 N–H and O–H groups in total. The summed E-state index contributed by atoms with van der Waals surface area (Å²) in [4.78, 5) is 2.35. The highest BCUT2D eigenvalue weighted by Crippen LogP contribution is 2.36. The summed E-state index contributed by atoms with van der Waals surface area (Å²) in [6, 6.07) is 12.4. The fourth-order valence-corrected chi connectivity index (χ4v) is 3.33. The number of nitrogens with zero attached hydrogens (tertiary/aromatic N) is 1. The van der Waals surface area contributed by atoms with Crippen molar-refractivity contribution in [2.45, 2.75) is 19.3 Å². The summed E-state index contributed by atoms with van der Waals surface area (Å²) in [6.45, 7) is 4.08. The van der Waals surface area contributed by atoms with Gasteiger partial charge in [0.05, 0.1) is 5.02 Å². The Bertz CT molecular complexity index is 668. The van der Waals surface area contributed by atoms with Gasteiger partial charge >= 0.3 is 0 Å². The zero-order chi connectivity index (χ0) is 15.0. The molecule has 0 saturated heterocycles. The Balaban J connectivity index is 2.13. The molecule has 0 radical (unpaired) electrons. The molecule has 2 nitrogen and oxygen atoms in total. The number of aromatic hydroxyl groups is 1. The largest absolute Gasteiger partial charge is 0.506 e. The van der Waals surface area contributed by atoms with Gasteiger partial charge in [0.2, 0.25) is 0 Å². The molecular weight excluding hydrogens is 282 g/mol. The van der Waals surface area contributed by atoms with Gasteiger partial charge in [-0.05, 0) is 49.2 Å². The number of hydrogen-bond acceptors (Lipinski definition) is 2. The van der Waals surface area contributed by atoms with E-state index in [1.807, 2.05) is 12.1 Å². The minimum Gasteiger partial charge on any atom is -0.506 e. The minimum atomic E-state index is 0.178. The van der Waals surface area contributed by atoms with Crippen molar-refractivity contribution in [2.75, 3.05) is 20.1 Å². The molecular formula is C18H20ClNO. The number of phenolic OH excluding ortho intramolecular Hbond substituents is 1. The van der Waals surface area contributed by atoms with Crippen molar-refractivity contribution in [2.24, 2.45) is 0 Å². The lowest BCUT2D eigenvalue weighted by molar-refractivity contribution is 0.338. The van der Waals surface area contributed by atoms with Crippen molar-refractivity contribution in [3.05, 3.63) is 63.7 Å². The van der Waals surface area contributed by atoms with Crippen LogP contribution in [0.4, 0.5) is 0 Å². The molecule has 0 aliphatic carbocycles. The van der Waals surface area contributed by atoms with Gasteiger partial charge in [0, 0.05) is 19.0 Å². The molecule has 1 aliphatic heterocycles. The summed E-state index contributed by atoms with van der Waals surface area (Å²) in [6.07, 6.45) is 0.966. The maximum Gasteiger partial charge on any atom is 0.134 e. The van der Waals surface area contributed by atoms with Crippen LogP contribution in [-0.4, -0.2) is 30.1 Å². The van der Waals surface area contributed by atoms with E-state index in [1.165, 1.54) is 22.3 Å². The van der Waals surface area contributed by atoms with Crippen molar-refractivity contribution < 1.29 is 5.11 Å². The summed E-state index contributed by atoms with van der Waals surface area (Å²) >= 11 is 6.09. The van der Waals surface area contributed by atoms with E-state index in [9.17, 15) is 5.11 Å². The predicted octanol–water partition coefficient (Wildman–Crippen LogP) is 3.97. The van der Waals surface area contributed by atoms with Crippen LogP contribution in [0.3, 0.4) is 0 Å². The van der Waals surface area contributed by atoms with E-state index in [-0.39, 0.29) is 11.7 Å². The Kier molecular flexibility index (Phi) is 3.92. The second-order valence-electron chi connectivity index (χ2n) is 5.98. The van der Waals surface area contributed by atoms with Gasteiger partial charge in [-0.3, -0.25) is 0 Å². The fraction of sp³-hybridized carbons (Fsp3) is 0.333. The number of hydrogen-bond donors (Lipinski definition) is 1. The van der Waals surface area contributed by atoms with E-state index < -0.39 is 0 Å². The Hall–Kier alpha value is -1.51. The number of aryl methyl sites for hydroxylation is 1. The summed E-state index contributed by atoms with van der Waals surface area (Å²) in [7, 11) is 2.15. The zero-order valence-corrected chi connectivity index (χ0v) is 13.2. The van der Waals surface area contributed by atoms with E-state index in [0.29, 0.717) is 5.02 Å². The average Bonchev–Trinajstić information content (AvgIpc) is 2.60. The van der Waals surface area contributed by atoms with Gasteiger partial charge in [-0.25, -0.2) is 0 Å². The number of benzene rings is 2. The number of halogens is 1. The van der Waals surface area contributed by atoms with Gasteiger partial charge in [0.15, 0.2) is 0 Å². The molecule has 3 rings (SSSR count). The summed E-state index contributed by atoms with van der Waals surface area (Å²) in [5, 5.41) is 10.5. The highest BCUT2D eigenvalue weighted by molar-refractivity contribution is 6.32. The maximum absolute atomic E-state index is 10.0. The molecule has 0 aromatic heterocycles. The van der Waals surface area contributed by atoms with E-state index >= 15 is 0 Å². The van der Waals surface area contributed by atoms with Crippen molar-refractivity contribution in [3.8, 4) is 5.75 Å². The van der Waals surface area contributed by atoms with Gasteiger partial charge in [-0.15, -0.1) is 0 Å². The maximum atomic E-state index is 10.0. The third-order valence-electron chi connectivity index (χ3n) is 4.29. The van der Waals surface area contributed by atoms with Gasteiger partial charge < -0.3 is 10.0 Å². The van der Waals surface area contributed by atoms with Crippen LogP contribution in [0.5, 0.6) is 5.75 Å². The van der Waals surface area contributed by atoms with E-state index in [1.54, 1.807) is 0 Å². The lowest BCUT2D eigenvalue weighted by Gasteiger charge is -2.22.